The highest BCUT2D eigenvalue weighted by molar-refractivity contribution is 5.56. The summed E-state index contributed by atoms with van der Waals surface area (Å²) in [5, 5.41) is 11.8. The van der Waals surface area contributed by atoms with Gasteiger partial charge in [-0.1, -0.05) is 6.07 Å². The molecule has 0 saturated heterocycles. The highest BCUT2D eigenvalue weighted by Crippen LogP contribution is 2.14. The Morgan fingerprint density at radius 3 is 2.94 bits per heavy atom. The van der Waals surface area contributed by atoms with Gasteiger partial charge in [-0.05, 0) is 30.7 Å². The third kappa shape index (κ3) is 2.34. The molecule has 0 aliphatic heterocycles. The van der Waals surface area contributed by atoms with Crippen molar-refractivity contribution in [3.05, 3.63) is 47.9 Å². The Morgan fingerprint density at radius 2 is 2.19 bits per heavy atom. The van der Waals surface area contributed by atoms with Gasteiger partial charge in [-0.15, -0.1) is 0 Å². The molecular formula is C12H10N4. The van der Waals surface area contributed by atoms with Crippen LogP contribution in [0.15, 0.2) is 36.7 Å². The maximum Gasteiger partial charge on any atom is 0.142 e. The molecule has 2 heterocycles. The molecular weight excluding hydrogens is 200 g/mol. The fourth-order valence-electron chi connectivity index (χ4n) is 1.34. The first-order valence-electron chi connectivity index (χ1n) is 4.84. The topological polar surface area (TPSA) is 61.6 Å². The molecule has 0 radical (unpaired) electrons. The first kappa shape index (κ1) is 10.1. The summed E-state index contributed by atoms with van der Waals surface area (Å²) in [5.74, 6) is 0.645. The minimum Gasteiger partial charge on any atom is -0.339 e. The number of anilines is 2. The maximum atomic E-state index is 8.72. The van der Waals surface area contributed by atoms with Gasteiger partial charge in [0, 0.05) is 6.20 Å². The molecule has 78 valence electrons. The zero-order chi connectivity index (χ0) is 11.4. The molecule has 2 rings (SSSR count). The lowest BCUT2D eigenvalue weighted by atomic mass is 10.3. The molecule has 0 aromatic carbocycles. The highest BCUT2D eigenvalue weighted by Gasteiger charge is 1.98. The number of nitrogens with zero attached hydrogens (tertiary/aromatic N) is 3. The van der Waals surface area contributed by atoms with Crippen LogP contribution in [0.25, 0.3) is 0 Å². The number of hydrogen-bond donors (Lipinski definition) is 1. The Balaban J connectivity index is 2.24. The summed E-state index contributed by atoms with van der Waals surface area (Å²) < 4.78 is 0. The number of hydrogen-bond acceptors (Lipinski definition) is 4. The molecule has 0 amide bonds. The standard InChI is InChI=1S/C12H10N4/c1-9-5-11(8-14-7-9)16-12-4-2-3-10(6-13)15-12/h2-5,7-8H,1H3,(H,15,16). The minimum absolute atomic E-state index is 0.394. The lowest BCUT2D eigenvalue weighted by molar-refractivity contribution is 1.23. The van der Waals surface area contributed by atoms with E-state index in [1.165, 1.54) is 0 Å². The monoisotopic (exact) mass is 210 g/mol. The summed E-state index contributed by atoms with van der Waals surface area (Å²) in [6.45, 7) is 1.97. The molecule has 0 aliphatic carbocycles. The van der Waals surface area contributed by atoms with Crippen molar-refractivity contribution in [2.45, 2.75) is 6.92 Å². The number of nitriles is 1. The minimum atomic E-state index is 0.394. The molecule has 0 saturated carbocycles. The Bertz CT molecular complexity index is 543. The van der Waals surface area contributed by atoms with Gasteiger partial charge in [-0.2, -0.15) is 5.26 Å². The van der Waals surface area contributed by atoms with E-state index in [0.29, 0.717) is 11.5 Å². The zero-order valence-electron chi connectivity index (χ0n) is 8.81. The van der Waals surface area contributed by atoms with Crippen molar-refractivity contribution in [2.75, 3.05) is 5.32 Å². The van der Waals surface area contributed by atoms with Gasteiger partial charge in [0.15, 0.2) is 0 Å². The maximum absolute atomic E-state index is 8.72. The quantitative estimate of drug-likeness (QED) is 0.826. The Labute approximate surface area is 93.6 Å². The number of pyridine rings is 2. The molecule has 2 aromatic heterocycles. The second kappa shape index (κ2) is 4.41. The predicted octanol–water partition coefficient (Wildman–Crippen LogP) is 2.40. The van der Waals surface area contributed by atoms with Crippen LogP contribution in [0.4, 0.5) is 11.5 Å². The molecule has 16 heavy (non-hydrogen) atoms. The van der Waals surface area contributed by atoms with Crippen LogP contribution in [0.3, 0.4) is 0 Å². The van der Waals surface area contributed by atoms with E-state index in [4.69, 9.17) is 5.26 Å². The zero-order valence-corrected chi connectivity index (χ0v) is 8.81. The van der Waals surface area contributed by atoms with Gasteiger partial charge < -0.3 is 5.32 Å². The lowest BCUT2D eigenvalue weighted by Gasteiger charge is -2.05. The van der Waals surface area contributed by atoms with Crippen molar-refractivity contribution in [1.82, 2.24) is 9.97 Å². The molecule has 2 aromatic rings. The second-order valence-electron chi connectivity index (χ2n) is 3.40. The number of rotatable bonds is 2. The van der Waals surface area contributed by atoms with Crippen LogP contribution in [0, 0.1) is 18.3 Å². The van der Waals surface area contributed by atoms with E-state index in [-0.39, 0.29) is 0 Å². The molecule has 0 aliphatic rings. The third-order valence-corrected chi connectivity index (χ3v) is 2.01. The van der Waals surface area contributed by atoms with Gasteiger partial charge in [-0.25, -0.2) is 4.98 Å². The van der Waals surface area contributed by atoms with Gasteiger partial charge in [0.25, 0.3) is 0 Å². The van der Waals surface area contributed by atoms with E-state index < -0.39 is 0 Å². The van der Waals surface area contributed by atoms with Crippen LogP contribution in [0.2, 0.25) is 0 Å². The van der Waals surface area contributed by atoms with Gasteiger partial charge in [-0.3, -0.25) is 4.98 Å². The smallest absolute Gasteiger partial charge is 0.142 e. The molecule has 0 bridgehead atoms. The Kier molecular flexibility index (Phi) is 2.79. The summed E-state index contributed by atoms with van der Waals surface area (Å²) >= 11 is 0. The highest BCUT2D eigenvalue weighted by atomic mass is 15.0. The SMILES string of the molecule is Cc1cncc(Nc2cccc(C#N)n2)c1. The fourth-order valence-corrected chi connectivity index (χ4v) is 1.34. The van der Waals surface area contributed by atoms with E-state index >= 15 is 0 Å². The first-order chi connectivity index (χ1) is 7.78. The van der Waals surface area contributed by atoms with Crippen LogP contribution < -0.4 is 5.32 Å². The van der Waals surface area contributed by atoms with Crippen LogP contribution in [0.1, 0.15) is 11.3 Å². The summed E-state index contributed by atoms with van der Waals surface area (Å²) in [6.07, 6.45) is 3.50. The molecule has 0 atom stereocenters. The van der Waals surface area contributed by atoms with E-state index in [0.717, 1.165) is 11.3 Å². The van der Waals surface area contributed by atoms with Crippen LogP contribution in [0.5, 0.6) is 0 Å². The molecule has 0 fully saturated rings. The Morgan fingerprint density at radius 1 is 1.31 bits per heavy atom. The number of nitrogens with one attached hydrogen (secondary N) is 1. The van der Waals surface area contributed by atoms with Crippen molar-refractivity contribution < 1.29 is 0 Å². The lowest BCUT2D eigenvalue weighted by Crippen LogP contribution is -1.95. The predicted molar refractivity (Wildman–Crippen MR) is 61.2 cm³/mol. The third-order valence-electron chi connectivity index (χ3n) is 2.01. The van der Waals surface area contributed by atoms with E-state index in [1.807, 2.05) is 25.1 Å². The molecule has 1 N–H and O–H groups in total. The molecule has 4 nitrogen and oxygen atoms in total. The van der Waals surface area contributed by atoms with Gasteiger partial charge in [0.05, 0.1) is 11.9 Å². The van der Waals surface area contributed by atoms with Crippen molar-refractivity contribution in [1.29, 1.82) is 5.26 Å². The van der Waals surface area contributed by atoms with Crippen molar-refractivity contribution in [3.63, 3.8) is 0 Å². The number of aromatic nitrogens is 2. The van der Waals surface area contributed by atoms with Crippen molar-refractivity contribution in [2.24, 2.45) is 0 Å². The summed E-state index contributed by atoms with van der Waals surface area (Å²) in [7, 11) is 0. The first-order valence-corrected chi connectivity index (χ1v) is 4.84. The fraction of sp³-hybridized carbons (Fsp3) is 0.0833. The molecule has 4 heteroatoms. The van der Waals surface area contributed by atoms with Gasteiger partial charge in [0.1, 0.15) is 17.6 Å². The molecule has 0 spiro atoms. The summed E-state index contributed by atoms with van der Waals surface area (Å²) in [6, 6.07) is 9.23. The average molecular weight is 210 g/mol. The van der Waals surface area contributed by atoms with E-state index in [9.17, 15) is 0 Å². The number of aryl methyl sites for hydroxylation is 1. The van der Waals surface area contributed by atoms with Gasteiger partial charge >= 0.3 is 0 Å². The normalized spacial score (nSPS) is 9.50. The van der Waals surface area contributed by atoms with Gasteiger partial charge in [0.2, 0.25) is 0 Å². The van der Waals surface area contributed by atoms with E-state index in [1.54, 1.807) is 24.5 Å². The molecule has 0 unspecified atom stereocenters. The summed E-state index contributed by atoms with van der Waals surface area (Å²) in [4.78, 5) is 8.18. The van der Waals surface area contributed by atoms with Crippen LogP contribution >= 0.6 is 0 Å². The Hall–Kier alpha value is -2.41. The second-order valence-corrected chi connectivity index (χ2v) is 3.40. The van der Waals surface area contributed by atoms with Crippen molar-refractivity contribution >= 4 is 11.5 Å². The average Bonchev–Trinajstić information content (AvgIpc) is 2.29. The van der Waals surface area contributed by atoms with Crippen LogP contribution in [-0.2, 0) is 0 Å². The van der Waals surface area contributed by atoms with Crippen molar-refractivity contribution in [3.8, 4) is 6.07 Å². The summed E-state index contributed by atoms with van der Waals surface area (Å²) in [5.41, 5.74) is 2.33. The van der Waals surface area contributed by atoms with E-state index in [2.05, 4.69) is 15.3 Å². The van der Waals surface area contributed by atoms with Crippen LogP contribution in [-0.4, -0.2) is 9.97 Å². The largest absolute Gasteiger partial charge is 0.339 e.